The molecule has 104 valence electrons. The Kier molecular flexibility index (Phi) is 3.61. The predicted octanol–water partition coefficient (Wildman–Crippen LogP) is 1.11. The molecule has 0 amide bonds. The maximum absolute atomic E-state index is 13.1. The Bertz CT molecular complexity index is 750. The number of aromatic carboxylic acids is 1. The first-order valence-corrected chi connectivity index (χ1v) is 6.71. The van der Waals surface area contributed by atoms with E-state index in [1.807, 2.05) is 4.72 Å². The first-order chi connectivity index (χ1) is 9.40. The number of carboxylic acids is 1. The van der Waals surface area contributed by atoms with Crippen molar-refractivity contribution in [3.63, 3.8) is 0 Å². The Morgan fingerprint density at radius 2 is 1.90 bits per heavy atom. The maximum Gasteiger partial charge on any atom is 0.337 e. The van der Waals surface area contributed by atoms with Crippen molar-refractivity contribution in [2.75, 3.05) is 4.72 Å². The normalized spacial score (nSPS) is 11.1. The quantitative estimate of drug-likeness (QED) is 0.818. The zero-order valence-electron chi connectivity index (χ0n) is 9.82. The fourth-order valence-electron chi connectivity index (χ4n) is 1.40. The lowest BCUT2D eigenvalue weighted by Gasteiger charge is -2.09. The molecule has 0 aliphatic heterocycles. The Hall–Kier alpha value is -2.55. The van der Waals surface area contributed by atoms with Crippen LogP contribution in [0.5, 0.6) is 0 Å². The molecule has 0 aliphatic rings. The van der Waals surface area contributed by atoms with Crippen molar-refractivity contribution in [2.45, 2.75) is 5.16 Å². The topological polar surface area (TPSA) is 109 Å². The second-order valence-corrected chi connectivity index (χ2v) is 5.21. The van der Waals surface area contributed by atoms with Crippen molar-refractivity contribution in [1.29, 1.82) is 0 Å². The number of carboxylic acid groups (broad SMARTS) is 1. The zero-order valence-corrected chi connectivity index (χ0v) is 10.6. The van der Waals surface area contributed by atoms with Crippen LogP contribution in [0.2, 0.25) is 0 Å². The third-order valence-corrected chi connectivity index (χ3v) is 3.42. The van der Waals surface area contributed by atoms with E-state index in [9.17, 15) is 17.6 Å². The molecule has 20 heavy (non-hydrogen) atoms. The highest BCUT2D eigenvalue weighted by molar-refractivity contribution is 7.92. The van der Waals surface area contributed by atoms with Crippen LogP contribution in [0.4, 0.5) is 10.1 Å². The molecule has 0 bridgehead atoms. The maximum atomic E-state index is 13.1. The fourth-order valence-corrected chi connectivity index (χ4v) is 2.35. The highest BCUT2D eigenvalue weighted by Gasteiger charge is 2.21. The van der Waals surface area contributed by atoms with Crippen LogP contribution in [0, 0.1) is 5.82 Å². The van der Waals surface area contributed by atoms with Crippen LogP contribution in [0.1, 0.15) is 10.4 Å². The largest absolute Gasteiger partial charge is 0.478 e. The van der Waals surface area contributed by atoms with Gasteiger partial charge in [0, 0.05) is 12.4 Å². The van der Waals surface area contributed by atoms with Crippen molar-refractivity contribution in [1.82, 2.24) is 9.97 Å². The van der Waals surface area contributed by atoms with E-state index in [0.717, 1.165) is 18.2 Å². The smallest absolute Gasteiger partial charge is 0.337 e. The molecule has 0 aliphatic carbocycles. The lowest BCUT2D eigenvalue weighted by atomic mass is 10.2. The molecular weight excluding hydrogens is 289 g/mol. The molecule has 0 saturated heterocycles. The Balaban J connectivity index is 2.44. The SMILES string of the molecule is O=C(O)c1ccc(F)cc1NS(=O)(=O)c1ncccn1. The minimum absolute atomic E-state index is 0.383. The van der Waals surface area contributed by atoms with Crippen LogP contribution in [0.25, 0.3) is 0 Å². The van der Waals surface area contributed by atoms with Crippen molar-refractivity contribution in [3.05, 3.63) is 48.0 Å². The zero-order chi connectivity index (χ0) is 14.8. The molecule has 9 heteroatoms. The van der Waals surface area contributed by atoms with Gasteiger partial charge in [0.1, 0.15) is 5.82 Å². The summed E-state index contributed by atoms with van der Waals surface area (Å²) in [6, 6.07) is 4.06. The van der Waals surface area contributed by atoms with E-state index >= 15 is 0 Å². The van der Waals surface area contributed by atoms with Gasteiger partial charge < -0.3 is 5.11 Å². The van der Waals surface area contributed by atoms with E-state index in [0.29, 0.717) is 0 Å². The number of benzene rings is 1. The van der Waals surface area contributed by atoms with E-state index < -0.39 is 32.7 Å². The van der Waals surface area contributed by atoms with Gasteiger partial charge in [-0.15, -0.1) is 0 Å². The predicted molar refractivity (Wildman–Crippen MR) is 66.2 cm³/mol. The molecule has 2 aromatic rings. The summed E-state index contributed by atoms with van der Waals surface area (Å²) >= 11 is 0. The van der Waals surface area contributed by atoms with Crippen molar-refractivity contribution in [3.8, 4) is 0 Å². The lowest BCUT2D eigenvalue weighted by Crippen LogP contribution is -2.18. The van der Waals surface area contributed by atoms with Gasteiger partial charge in [-0.3, -0.25) is 4.72 Å². The molecule has 1 aromatic carbocycles. The molecule has 1 heterocycles. The number of anilines is 1. The van der Waals surface area contributed by atoms with E-state index in [1.54, 1.807) is 0 Å². The Labute approximate surface area is 113 Å². The van der Waals surface area contributed by atoms with Crippen LogP contribution in [0.3, 0.4) is 0 Å². The van der Waals surface area contributed by atoms with Gasteiger partial charge in [0.05, 0.1) is 11.3 Å². The third kappa shape index (κ3) is 2.88. The van der Waals surface area contributed by atoms with E-state index in [2.05, 4.69) is 9.97 Å². The fraction of sp³-hybridized carbons (Fsp3) is 0. The molecule has 1 aromatic heterocycles. The first kappa shape index (κ1) is 13.9. The van der Waals surface area contributed by atoms with Gasteiger partial charge in [0.15, 0.2) is 0 Å². The summed E-state index contributed by atoms with van der Waals surface area (Å²) in [6.07, 6.45) is 2.43. The van der Waals surface area contributed by atoms with Gasteiger partial charge in [0.25, 0.3) is 15.2 Å². The third-order valence-electron chi connectivity index (χ3n) is 2.24. The van der Waals surface area contributed by atoms with Crippen LogP contribution >= 0.6 is 0 Å². The number of carbonyl (C=O) groups is 1. The van der Waals surface area contributed by atoms with Gasteiger partial charge in [-0.25, -0.2) is 19.2 Å². The summed E-state index contributed by atoms with van der Waals surface area (Å²) in [7, 11) is -4.19. The molecule has 0 unspecified atom stereocenters. The van der Waals surface area contributed by atoms with Crippen LogP contribution in [-0.4, -0.2) is 29.5 Å². The lowest BCUT2D eigenvalue weighted by molar-refractivity contribution is 0.0698. The van der Waals surface area contributed by atoms with Crippen molar-refractivity contribution in [2.24, 2.45) is 0 Å². The van der Waals surface area contributed by atoms with Gasteiger partial charge >= 0.3 is 5.97 Å². The van der Waals surface area contributed by atoms with Crippen molar-refractivity contribution >= 4 is 21.7 Å². The Morgan fingerprint density at radius 3 is 2.50 bits per heavy atom. The van der Waals surface area contributed by atoms with Crippen LogP contribution in [-0.2, 0) is 10.0 Å². The molecule has 0 radical (unpaired) electrons. The number of hydrogen-bond acceptors (Lipinski definition) is 5. The monoisotopic (exact) mass is 297 g/mol. The first-order valence-electron chi connectivity index (χ1n) is 5.23. The molecule has 7 nitrogen and oxygen atoms in total. The summed E-state index contributed by atoms with van der Waals surface area (Å²) in [4.78, 5) is 18.0. The minimum Gasteiger partial charge on any atom is -0.478 e. The standard InChI is InChI=1S/C11H8FN3O4S/c12-7-2-3-8(10(16)17)9(6-7)15-20(18,19)11-13-4-1-5-14-11/h1-6,15H,(H,16,17). The van der Waals surface area contributed by atoms with Gasteiger partial charge in [-0.1, -0.05) is 0 Å². The number of halogens is 1. The number of rotatable bonds is 4. The summed E-state index contributed by atoms with van der Waals surface area (Å²) in [5.41, 5.74) is -0.782. The average Bonchev–Trinajstić information content (AvgIpc) is 2.39. The number of aromatic nitrogens is 2. The van der Waals surface area contributed by atoms with Gasteiger partial charge in [-0.05, 0) is 24.3 Å². The second kappa shape index (κ2) is 5.21. The van der Waals surface area contributed by atoms with Crippen LogP contribution in [0.15, 0.2) is 41.8 Å². The van der Waals surface area contributed by atoms with Gasteiger partial charge in [-0.2, -0.15) is 8.42 Å². The minimum atomic E-state index is -4.19. The van der Waals surface area contributed by atoms with E-state index in [-0.39, 0.29) is 5.56 Å². The summed E-state index contributed by atoms with van der Waals surface area (Å²) in [6.45, 7) is 0. The van der Waals surface area contributed by atoms with E-state index in [4.69, 9.17) is 5.11 Å². The highest BCUT2D eigenvalue weighted by Crippen LogP contribution is 2.20. The molecular formula is C11H8FN3O4S. The summed E-state index contributed by atoms with van der Waals surface area (Å²) in [5.74, 6) is -2.17. The number of hydrogen-bond donors (Lipinski definition) is 2. The molecule has 0 atom stereocenters. The molecule has 0 spiro atoms. The number of nitrogens with zero attached hydrogens (tertiary/aromatic N) is 2. The Morgan fingerprint density at radius 1 is 1.25 bits per heavy atom. The number of nitrogens with one attached hydrogen (secondary N) is 1. The summed E-state index contributed by atoms with van der Waals surface area (Å²) in [5, 5.41) is 8.39. The number of sulfonamides is 1. The van der Waals surface area contributed by atoms with Crippen molar-refractivity contribution < 1.29 is 22.7 Å². The van der Waals surface area contributed by atoms with Gasteiger partial charge in [0.2, 0.25) is 0 Å². The van der Waals surface area contributed by atoms with E-state index in [1.165, 1.54) is 18.5 Å². The highest BCUT2D eigenvalue weighted by atomic mass is 32.2. The average molecular weight is 297 g/mol. The molecule has 0 fully saturated rings. The molecule has 2 N–H and O–H groups in total. The summed E-state index contributed by atoms with van der Waals surface area (Å²) < 4.78 is 39.0. The second-order valence-electron chi connectivity index (χ2n) is 3.63. The van der Waals surface area contributed by atoms with Crippen LogP contribution < -0.4 is 4.72 Å². The molecule has 2 rings (SSSR count). The molecule has 0 saturated carbocycles.